The monoisotopic (exact) mass is 230 g/mol. The van der Waals surface area contributed by atoms with Crippen LogP contribution in [0.1, 0.15) is 61.8 Å². The topological polar surface area (TPSA) is 43.2 Å². The summed E-state index contributed by atoms with van der Waals surface area (Å²) < 4.78 is 0. The zero-order valence-corrected chi connectivity index (χ0v) is 11.9. The van der Waals surface area contributed by atoms with Crippen molar-refractivity contribution < 1.29 is 9.78 Å². The molecule has 0 saturated heterocycles. The smallest absolute Gasteiger partial charge is 0.206 e. The molecule has 16 heavy (non-hydrogen) atoms. The summed E-state index contributed by atoms with van der Waals surface area (Å²) in [6.45, 7) is 15.6. The Balaban J connectivity index is 4.31. The molecule has 4 heteroatoms. The highest BCUT2D eigenvalue weighted by Gasteiger charge is 2.25. The Bertz CT molecular complexity index is 240. The first kappa shape index (κ1) is 15.5. The van der Waals surface area contributed by atoms with E-state index >= 15 is 0 Å². The maximum absolute atomic E-state index is 5.35. The predicted molar refractivity (Wildman–Crippen MR) is 65.2 cm³/mol. The number of azo groups is 1. The van der Waals surface area contributed by atoms with E-state index in [4.69, 9.17) is 9.78 Å². The lowest BCUT2D eigenvalue weighted by Crippen LogP contribution is -2.31. The minimum Gasteiger partial charge on any atom is -0.228 e. The largest absolute Gasteiger partial charge is 0.228 e. The van der Waals surface area contributed by atoms with Crippen LogP contribution in [0, 0.1) is 0 Å². The molecule has 0 aliphatic carbocycles. The molecule has 0 aromatic carbocycles. The molecule has 0 fully saturated rings. The van der Waals surface area contributed by atoms with Gasteiger partial charge in [0.25, 0.3) is 0 Å². The van der Waals surface area contributed by atoms with Crippen LogP contribution in [0.25, 0.3) is 0 Å². The maximum Gasteiger partial charge on any atom is 0.206 e. The third kappa shape index (κ3) is 7.77. The Morgan fingerprint density at radius 1 is 0.812 bits per heavy atom. The molecular formula is C12H26N2O2. The highest BCUT2D eigenvalue weighted by Crippen LogP contribution is 2.21. The van der Waals surface area contributed by atoms with Crippen molar-refractivity contribution in [2.45, 2.75) is 78.7 Å². The van der Waals surface area contributed by atoms with Crippen LogP contribution >= 0.6 is 0 Å². The zero-order valence-electron chi connectivity index (χ0n) is 11.9. The van der Waals surface area contributed by atoms with Gasteiger partial charge in [0.1, 0.15) is 0 Å². The summed E-state index contributed by atoms with van der Waals surface area (Å²) in [6, 6.07) is 0. The molecule has 96 valence electrons. The maximum atomic E-state index is 5.35. The van der Waals surface area contributed by atoms with E-state index in [1.54, 1.807) is 0 Å². The molecule has 0 unspecified atom stereocenters. The Kier molecular flexibility index (Phi) is 5.08. The Morgan fingerprint density at radius 2 is 1.31 bits per heavy atom. The van der Waals surface area contributed by atoms with E-state index in [1.807, 2.05) is 55.4 Å². The molecule has 0 aliphatic rings. The SMILES string of the molecule is CCC(C)(C)OOC(C)(C)/N=N/C(C)(C)C. The number of rotatable bonds is 5. The Labute approximate surface area is 99.4 Å². The first-order chi connectivity index (χ1) is 6.97. The highest BCUT2D eigenvalue weighted by atomic mass is 17.2. The third-order valence-corrected chi connectivity index (χ3v) is 1.91. The fourth-order valence-corrected chi connectivity index (χ4v) is 0.561. The van der Waals surface area contributed by atoms with Crippen LogP contribution in [0.15, 0.2) is 10.2 Å². The minimum absolute atomic E-state index is 0.194. The van der Waals surface area contributed by atoms with Crippen LogP contribution in [0.2, 0.25) is 0 Å². The molecule has 0 bridgehead atoms. The Morgan fingerprint density at radius 3 is 1.69 bits per heavy atom. The van der Waals surface area contributed by atoms with Gasteiger partial charge in [-0.3, -0.25) is 0 Å². The summed E-state index contributed by atoms with van der Waals surface area (Å²) >= 11 is 0. The fraction of sp³-hybridized carbons (Fsp3) is 1.00. The van der Waals surface area contributed by atoms with Crippen LogP contribution in [0.5, 0.6) is 0 Å². The molecule has 0 spiro atoms. The first-order valence-electron chi connectivity index (χ1n) is 5.78. The average molecular weight is 230 g/mol. The highest BCUT2D eigenvalue weighted by molar-refractivity contribution is 4.70. The molecule has 0 aliphatic heterocycles. The van der Waals surface area contributed by atoms with Crippen LogP contribution in [-0.4, -0.2) is 16.9 Å². The molecule has 0 aromatic rings. The van der Waals surface area contributed by atoms with Gasteiger partial charge in [-0.15, -0.1) is 0 Å². The van der Waals surface area contributed by atoms with Gasteiger partial charge in [-0.25, -0.2) is 9.78 Å². The third-order valence-electron chi connectivity index (χ3n) is 1.91. The van der Waals surface area contributed by atoms with E-state index in [-0.39, 0.29) is 11.1 Å². The number of nitrogens with zero attached hydrogens (tertiary/aromatic N) is 2. The van der Waals surface area contributed by atoms with Crippen LogP contribution < -0.4 is 0 Å². The lowest BCUT2D eigenvalue weighted by Gasteiger charge is -2.27. The molecule has 0 N–H and O–H groups in total. The standard InChI is InChI=1S/C12H26N2O2/c1-9-11(5,6)15-16-12(7,8)14-13-10(2,3)4/h9H2,1-8H3/b14-13+. The Hall–Kier alpha value is -0.480. The van der Waals surface area contributed by atoms with Gasteiger partial charge in [0, 0.05) is 0 Å². The lowest BCUT2D eigenvalue weighted by atomic mass is 10.1. The van der Waals surface area contributed by atoms with Gasteiger partial charge < -0.3 is 0 Å². The van der Waals surface area contributed by atoms with Gasteiger partial charge in [-0.2, -0.15) is 10.2 Å². The van der Waals surface area contributed by atoms with E-state index in [9.17, 15) is 0 Å². The molecule has 0 heterocycles. The average Bonchev–Trinajstić information content (AvgIpc) is 2.12. The molecule has 0 atom stereocenters. The second kappa shape index (κ2) is 5.23. The van der Waals surface area contributed by atoms with Crippen molar-refractivity contribution in [3.8, 4) is 0 Å². The van der Waals surface area contributed by atoms with Gasteiger partial charge in [-0.1, -0.05) is 6.92 Å². The van der Waals surface area contributed by atoms with Crippen molar-refractivity contribution >= 4 is 0 Å². The van der Waals surface area contributed by atoms with Crippen LogP contribution in [0.3, 0.4) is 0 Å². The summed E-state index contributed by atoms with van der Waals surface area (Å²) in [6.07, 6.45) is 0.874. The molecule has 0 rings (SSSR count). The molecule has 0 aromatic heterocycles. The van der Waals surface area contributed by atoms with E-state index in [1.165, 1.54) is 0 Å². The normalized spacial score (nSPS) is 14.8. The summed E-state index contributed by atoms with van der Waals surface area (Å²) in [5, 5.41) is 8.32. The van der Waals surface area contributed by atoms with Crippen molar-refractivity contribution in [3.05, 3.63) is 0 Å². The number of hydrogen-bond donors (Lipinski definition) is 0. The van der Waals surface area contributed by atoms with Crippen molar-refractivity contribution in [1.29, 1.82) is 0 Å². The molecule has 0 amide bonds. The first-order valence-corrected chi connectivity index (χ1v) is 5.78. The minimum atomic E-state index is -0.750. The van der Waals surface area contributed by atoms with Crippen molar-refractivity contribution in [2.24, 2.45) is 10.2 Å². The second-order valence-electron chi connectivity index (χ2n) is 6.10. The van der Waals surface area contributed by atoms with Gasteiger partial charge in [0.05, 0.1) is 11.1 Å². The van der Waals surface area contributed by atoms with Crippen LogP contribution in [0.4, 0.5) is 0 Å². The summed E-state index contributed by atoms with van der Waals surface area (Å²) in [5.41, 5.74) is -1.24. The van der Waals surface area contributed by atoms with Crippen molar-refractivity contribution in [3.63, 3.8) is 0 Å². The fourth-order valence-electron chi connectivity index (χ4n) is 0.561. The molecule has 0 radical (unpaired) electrons. The van der Waals surface area contributed by atoms with Crippen LogP contribution in [-0.2, 0) is 9.78 Å². The molecule has 4 nitrogen and oxygen atoms in total. The summed E-state index contributed by atoms with van der Waals surface area (Å²) in [5.74, 6) is 0. The van der Waals surface area contributed by atoms with E-state index in [2.05, 4.69) is 10.2 Å². The van der Waals surface area contributed by atoms with E-state index in [0.29, 0.717) is 0 Å². The van der Waals surface area contributed by atoms with Gasteiger partial charge in [0.2, 0.25) is 5.72 Å². The van der Waals surface area contributed by atoms with Gasteiger partial charge in [0.15, 0.2) is 0 Å². The quantitative estimate of drug-likeness (QED) is 0.405. The van der Waals surface area contributed by atoms with E-state index in [0.717, 1.165) is 6.42 Å². The summed E-state index contributed by atoms with van der Waals surface area (Å²) in [7, 11) is 0. The van der Waals surface area contributed by atoms with Crippen molar-refractivity contribution in [2.75, 3.05) is 0 Å². The van der Waals surface area contributed by atoms with Gasteiger partial charge >= 0.3 is 0 Å². The summed E-state index contributed by atoms with van der Waals surface area (Å²) in [4.78, 5) is 10.7. The number of hydrogen-bond acceptors (Lipinski definition) is 4. The predicted octanol–water partition coefficient (Wildman–Crippen LogP) is 4.11. The molecular weight excluding hydrogens is 204 g/mol. The molecule has 0 saturated carbocycles. The van der Waals surface area contributed by atoms with E-state index < -0.39 is 5.72 Å². The lowest BCUT2D eigenvalue weighted by molar-refractivity contribution is -0.400. The van der Waals surface area contributed by atoms with Crippen molar-refractivity contribution in [1.82, 2.24) is 0 Å². The zero-order chi connectivity index (χ0) is 13.0. The van der Waals surface area contributed by atoms with Gasteiger partial charge in [-0.05, 0) is 54.9 Å². The second-order valence-corrected chi connectivity index (χ2v) is 6.10.